The van der Waals surface area contributed by atoms with Gasteiger partial charge in [0.25, 0.3) is 5.91 Å². The van der Waals surface area contributed by atoms with Crippen LogP contribution in [0.4, 0.5) is 5.69 Å². The Morgan fingerprint density at radius 1 is 1.15 bits per heavy atom. The number of amides is 1. The first-order valence-electron chi connectivity index (χ1n) is 6.48. The Labute approximate surface area is 118 Å². The first kappa shape index (κ1) is 13.9. The fourth-order valence-electron chi connectivity index (χ4n) is 2.05. The predicted molar refractivity (Wildman–Crippen MR) is 80.0 cm³/mol. The van der Waals surface area contributed by atoms with Crippen molar-refractivity contribution in [2.45, 2.75) is 13.0 Å². The van der Waals surface area contributed by atoms with Crippen molar-refractivity contribution in [3.05, 3.63) is 59.7 Å². The molecule has 1 amide bonds. The maximum Gasteiger partial charge on any atom is 0.253 e. The SMILES string of the molecule is CNc1ccccc1C(=O)NC(C)c1cccc(O)c1. The van der Waals surface area contributed by atoms with E-state index in [1.54, 1.807) is 31.3 Å². The number of hydrogen-bond acceptors (Lipinski definition) is 3. The maximum atomic E-state index is 12.3. The summed E-state index contributed by atoms with van der Waals surface area (Å²) >= 11 is 0. The minimum absolute atomic E-state index is 0.147. The van der Waals surface area contributed by atoms with Gasteiger partial charge in [0, 0.05) is 12.7 Å². The van der Waals surface area contributed by atoms with E-state index in [-0.39, 0.29) is 17.7 Å². The molecule has 2 rings (SSSR count). The van der Waals surface area contributed by atoms with Crippen molar-refractivity contribution in [3.8, 4) is 5.75 Å². The summed E-state index contributed by atoms with van der Waals surface area (Å²) in [5.74, 6) is 0.0463. The van der Waals surface area contributed by atoms with Crippen LogP contribution in [0.2, 0.25) is 0 Å². The van der Waals surface area contributed by atoms with Gasteiger partial charge in [-0.25, -0.2) is 0 Å². The van der Waals surface area contributed by atoms with Crippen LogP contribution in [0.25, 0.3) is 0 Å². The van der Waals surface area contributed by atoms with Crippen LogP contribution in [-0.4, -0.2) is 18.1 Å². The van der Waals surface area contributed by atoms with E-state index in [0.29, 0.717) is 5.56 Å². The lowest BCUT2D eigenvalue weighted by Crippen LogP contribution is -2.27. The van der Waals surface area contributed by atoms with Gasteiger partial charge in [-0.15, -0.1) is 0 Å². The quantitative estimate of drug-likeness (QED) is 0.800. The zero-order valence-corrected chi connectivity index (χ0v) is 11.6. The third-order valence-corrected chi connectivity index (χ3v) is 3.16. The van der Waals surface area contributed by atoms with E-state index >= 15 is 0 Å². The second kappa shape index (κ2) is 6.10. The number of hydrogen-bond donors (Lipinski definition) is 3. The fourth-order valence-corrected chi connectivity index (χ4v) is 2.05. The topological polar surface area (TPSA) is 61.4 Å². The van der Waals surface area contributed by atoms with Gasteiger partial charge in [-0.1, -0.05) is 24.3 Å². The molecule has 0 heterocycles. The Morgan fingerprint density at radius 3 is 2.60 bits per heavy atom. The van der Waals surface area contributed by atoms with Crippen LogP contribution in [0.3, 0.4) is 0 Å². The molecule has 1 atom stereocenters. The summed E-state index contributed by atoms with van der Waals surface area (Å²) in [7, 11) is 1.78. The molecule has 2 aromatic rings. The van der Waals surface area contributed by atoms with Gasteiger partial charge in [0.15, 0.2) is 0 Å². The van der Waals surface area contributed by atoms with Gasteiger partial charge in [0.1, 0.15) is 5.75 Å². The molecule has 0 aliphatic rings. The lowest BCUT2D eigenvalue weighted by Gasteiger charge is -2.16. The molecule has 0 saturated carbocycles. The minimum Gasteiger partial charge on any atom is -0.508 e. The molecule has 20 heavy (non-hydrogen) atoms. The molecule has 3 N–H and O–H groups in total. The van der Waals surface area contributed by atoms with Crippen molar-refractivity contribution in [3.63, 3.8) is 0 Å². The molecule has 0 spiro atoms. The van der Waals surface area contributed by atoms with Crippen molar-refractivity contribution in [1.82, 2.24) is 5.32 Å². The Morgan fingerprint density at radius 2 is 1.90 bits per heavy atom. The molecule has 4 nitrogen and oxygen atoms in total. The van der Waals surface area contributed by atoms with E-state index in [1.807, 2.05) is 31.2 Å². The van der Waals surface area contributed by atoms with E-state index < -0.39 is 0 Å². The number of carbonyl (C=O) groups is 1. The summed E-state index contributed by atoms with van der Waals surface area (Å²) in [6.07, 6.45) is 0. The number of phenolic OH excluding ortho intramolecular Hbond substituents is 1. The van der Waals surface area contributed by atoms with Crippen LogP contribution in [0.5, 0.6) is 5.75 Å². The number of benzene rings is 2. The highest BCUT2D eigenvalue weighted by atomic mass is 16.3. The van der Waals surface area contributed by atoms with Gasteiger partial charge < -0.3 is 15.7 Å². The van der Waals surface area contributed by atoms with Crippen LogP contribution in [0, 0.1) is 0 Å². The first-order chi connectivity index (χ1) is 9.61. The van der Waals surface area contributed by atoms with E-state index in [1.165, 1.54) is 0 Å². The molecule has 0 aliphatic heterocycles. The molecule has 104 valence electrons. The summed E-state index contributed by atoms with van der Waals surface area (Å²) in [5, 5.41) is 15.4. The smallest absolute Gasteiger partial charge is 0.253 e. The summed E-state index contributed by atoms with van der Waals surface area (Å²) in [4.78, 5) is 12.3. The molecule has 0 fully saturated rings. The van der Waals surface area contributed by atoms with Crippen molar-refractivity contribution in [1.29, 1.82) is 0 Å². The van der Waals surface area contributed by atoms with Gasteiger partial charge in [-0.2, -0.15) is 0 Å². The Bertz CT molecular complexity index is 611. The number of rotatable bonds is 4. The molecule has 0 saturated heterocycles. The lowest BCUT2D eigenvalue weighted by atomic mass is 10.1. The van der Waals surface area contributed by atoms with Crippen LogP contribution >= 0.6 is 0 Å². The molecule has 0 aliphatic carbocycles. The van der Waals surface area contributed by atoms with E-state index in [9.17, 15) is 9.90 Å². The summed E-state index contributed by atoms with van der Waals surface area (Å²) < 4.78 is 0. The monoisotopic (exact) mass is 270 g/mol. The average molecular weight is 270 g/mol. The molecular formula is C16H18N2O2. The molecular weight excluding hydrogens is 252 g/mol. The van der Waals surface area contributed by atoms with Gasteiger partial charge in [-0.3, -0.25) is 4.79 Å². The third-order valence-electron chi connectivity index (χ3n) is 3.16. The van der Waals surface area contributed by atoms with Crippen molar-refractivity contribution in [2.75, 3.05) is 12.4 Å². The second-order valence-electron chi connectivity index (χ2n) is 4.59. The van der Waals surface area contributed by atoms with Gasteiger partial charge in [0.2, 0.25) is 0 Å². The third kappa shape index (κ3) is 3.09. The molecule has 0 radical (unpaired) electrons. The van der Waals surface area contributed by atoms with E-state index in [4.69, 9.17) is 0 Å². The normalized spacial score (nSPS) is 11.7. The number of aromatic hydroxyl groups is 1. The fraction of sp³-hybridized carbons (Fsp3) is 0.188. The highest BCUT2D eigenvalue weighted by molar-refractivity contribution is 5.99. The van der Waals surface area contributed by atoms with Crippen molar-refractivity contribution >= 4 is 11.6 Å². The summed E-state index contributed by atoms with van der Waals surface area (Å²) in [5.41, 5.74) is 2.25. The van der Waals surface area contributed by atoms with E-state index in [0.717, 1.165) is 11.3 Å². The highest BCUT2D eigenvalue weighted by Gasteiger charge is 2.14. The first-order valence-corrected chi connectivity index (χ1v) is 6.48. The van der Waals surface area contributed by atoms with Gasteiger partial charge in [0.05, 0.1) is 11.6 Å². The number of anilines is 1. The second-order valence-corrected chi connectivity index (χ2v) is 4.59. The highest BCUT2D eigenvalue weighted by Crippen LogP contribution is 2.20. The zero-order valence-electron chi connectivity index (χ0n) is 11.6. The zero-order chi connectivity index (χ0) is 14.5. The number of carbonyl (C=O) groups excluding carboxylic acids is 1. The molecule has 0 bridgehead atoms. The van der Waals surface area contributed by atoms with Crippen LogP contribution in [0.1, 0.15) is 28.9 Å². The van der Waals surface area contributed by atoms with Crippen LogP contribution in [-0.2, 0) is 0 Å². The van der Waals surface area contributed by atoms with Crippen molar-refractivity contribution in [2.24, 2.45) is 0 Å². The number of nitrogens with one attached hydrogen (secondary N) is 2. The van der Waals surface area contributed by atoms with Crippen LogP contribution in [0.15, 0.2) is 48.5 Å². The Kier molecular flexibility index (Phi) is 4.25. The number of para-hydroxylation sites is 1. The minimum atomic E-state index is -0.181. The largest absolute Gasteiger partial charge is 0.508 e. The lowest BCUT2D eigenvalue weighted by molar-refractivity contribution is 0.0940. The molecule has 2 aromatic carbocycles. The average Bonchev–Trinajstić information content (AvgIpc) is 2.47. The molecule has 0 aromatic heterocycles. The number of phenols is 1. The van der Waals surface area contributed by atoms with Crippen LogP contribution < -0.4 is 10.6 Å². The van der Waals surface area contributed by atoms with Gasteiger partial charge >= 0.3 is 0 Å². The predicted octanol–water partition coefficient (Wildman–Crippen LogP) is 2.92. The summed E-state index contributed by atoms with van der Waals surface area (Å²) in [6.45, 7) is 1.88. The molecule has 4 heteroatoms. The van der Waals surface area contributed by atoms with E-state index in [2.05, 4.69) is 10.6 Å². The molecule has 1 unspecified atom stereocenters. The standard InChI is InChI=1S/C16H18N2O2/c1-11(12-6-5-7-13(19)10-12)18-16(20)14-8-3-4-9-15(14)17-2/h3-11,17,19H,1-2H3,(H,18,20). The Balaban J connectivity index is 2.15. The maximum absolute atomic E-state index is 12.3. The Hall–Kier alpha value is -2.49. The van der Waals surface area contributed by atoms with Crippen molar-refractivity contribution < 1.29 is 9.90 Å². The summed E-state index contributed by atoms with van der Waals surface area (Å²) in [6, 6.07) is 14.0. The van der Waals surface area contributed by atoms with Gasteiger partial charge in [-0.05, 0) is 36.8 Å².